The molecule has 0 aromatic rings. The van der Waals surface area contributed by atoms with Crippen LogP contribution in [0.15, 0.2) is 24.3 Å². The van der Waals surface area contributed by atoms with Crippen molar-refractivity contribution in [2.24, 2.45) is 11.8 Å². The Morgan fingerprint density at radius 2 is 0.602 bits per heavy atom. The molecule has 0 saturated heterocycles. The molecule has 0 aromatic heterocycles. The zero-order valence-electron chi connectivity index (χ0n) is 63.6. The normalized spacial score (nSPS) is 14.4. The Hall–Kier alpha value is -2.46. The molecule has 0 radical (unpaired) electrons. The molecular weight excluding hydrogens is 1280 g/mol. The van der Waals surface area contributed by atoms with Crippen molar-refractivity contribution in [3.63, 3.8) is 0 Å². The average Bonchev–Trinajstić information content (AvgIpc) is 0.953. The molecule has 0 spiro atoms. The molecule has 3 N–H and O–H groups in total. The van der Waals surface area contributed by atoms with E-state index >= 15 is 0 Å². The van der Waals surface area contributed by atoms with Gasteiger partial charge >= 0.3 is 39.5 Å². The number of hydrogen-bond acceptors (Lipinski definition) is 15. The van der Waals surface area contributed by atoms with E-state index in [-0.39, 0.29) is 25.7 Å². The SMILES string of the molecule is CCCCCC/C=C\C=C/CCCCCCCC(=O)OC[C@H](COP(=O)(O)OC[C@@H](O)COP(=O)(O)OC[C@@H](COC(=O)CCCCCCCCCCCCCCC)OC(=O)CCCCCCCCCCCCC(C)CC)OC(=O)CCCCCCCCCCCCCCCC(C)C. The number of aliphatic hydroxyl groups excluding tert-OH is 1. The summed E-state index contributed by atoms with van der Waals surface area (Å²) in [6.07, 6.45) is 61.6. The van der Waals surface area contributed by atoms with E-state index in [1.807, 2.05) is 0 Å². The van der Waals surface area contributed by atoms with E-state index in [4.69, 9.17) is 37.0 Å². The zero-order valence-corrected chi connectivity index (χ0v) is 65.4. The number of rotatable bonds is 76. The maximum atomic E-state index is 13.1. The molecule has 0 amide bonds. The fraction of sp³-hybridized carbons (Fsp3) is 0.899. The lowest BCUT2D eigenvalue weighted by molar-refractivity contribution is -0.161. The van der Waals surface area contributed by atoms with Crippen molar-refractivity contribution in [3.05, 3.63) is 24.3 Å². The summed E-state index contributed by atoms with van der Waals surface area (Å²) in [4.78, 5) is 73.0. The lowest BCUT2D eigenvalue weighted by Crippen LogP contribution is -2.30. The van der Waals surface area contributed by atoms with Gasteiger partial charge in [-0.3, -0.25) is 37.3 Å². The molecule has 0 bridgehead atoms. The van der Waals surface area contributed by atoms with Crippen molar-refractivity contribution in [3.8, 4) is 0 Å². The van der Waals surface area contributed by atoms with E-state index < -0.39 is 97.5 Å². The third-order valence-corrected chi connectivity index (χ3v) is 20.1. The second-order valence-electron chi connectivity index (χ2n) is 28.5. The number of carbonyl (C=O) groups is 4. The van der Waals surface area contributed by atoms with Crippen molar-refractivity contribution in [2.45, 2.75) is 407 Å². The van der Waals surface area contributed by atoms with E-state index in [0.29, 0.717) is 25.7 Å². The lowest BCUT2D eigenvalue weighted by atomic mass is 9.99. The Kier molecular flexibility index (Phi) is 68.5. The molecule has 0 rings (SSSR count). The van der Waals surface area contributed by atoms with Crippen molar-refractivity contribution in [1.29, 1.82) is 0 Å². The molecule has 0 heterocycles. The molecule has 0 saturated carbocycles. The summed E-state index contributed by atoms with van der Waals surface area (Å²) >= 11 is 0. The second-order valence-corrected chi connectivity index (χ2v) is 31.4. The summed E-state index contributed by atoms with van der Waals surface area (Å²) in [5.41, 5.74) is 0. The van der Waals surface area contributed by atoms with Gasteiger partial charge < -0.3 is 33.8 Å². The molecule has 0 aromatic carbocycles. The minimum atomic E-state index is -4.97. The Morgan fingerprint density at radius 3 is 0.918 bits per heavy atom. The fourth-order valence-corrected chi connectivity index (χ4v) is 13.2. The van der Waals surface area contributed by atoms with Gasteiger partial charge in [-0.05, 0) is 63.2 Å². The highest BCUT2D eigenvalue weighted by molar-refractivity contribution is 7.47. The molecule has 0 aliphatic carbocycles. The minimum Gasteiger partial charge on any atom is -0.462 e. The molecule has 6 atom stereocenters. The fourth-order valence-electron chi connectivity index (χ4n) is 11.6. The van der Waals surface area contributed by atoms with Crippen molar-refractivity contribution < 1.29 is 80.2 Å². The van der Waals surface area contributed by atoms with E-state index in [2.05, 4.69) is 65.8 Å². The van der Waals surface area contributed by atoms with Gasteiger partial charge in [-0.1, -0.05) is 336 Å². The van der Waals surface area contributed by atoms with Crippen LogP contribution >= 0.6 is 15.6 Å². The zero-order chi connectivity index (χ0) is 72.1. The predicted octanol–water partition coefficient (Wildman–Crippen LogP) is 23.1. The van der Waals surface area contributed by atoms with Gasteiger partial charge in [0.05, 0.1) is 26.4 Å². The molecule has 3 unspecified atom stereocenters. The molecule has 98 heavy (non-hydrogen) atoms. The Bertz CT molecular complexity index is 1990. The molecular formula is C79H150O17P2. The monoisotopic (exact) mass is 1430 g/mol. The first kappa shape index (κ1) is 95.5. The van der Waals surface area contributed by atoms with Crippen LogP contribution in [0, 0.1) is 11.8 Å². The summed E-state index contributed by atoms with van der Waals surface area (Å²) in [6.45, 7) is 9.60. The molecule has 19 heteroatoms. The van der Waals surface area contributed by atoms with E-state index in [9.17, 15) is 43.2 Å². The topological polar surface area (TPSA) is 237 Å². The standard InChI is InChI=1S/C79H150O17P2/c1-7-10-12-14-16-18-20-22-23-27-31-38-44-50-56-62-77(82)90-67-74(95-78(83)63-57-51-45-39-32-28-24-26-29-35-41-47-53-59-71(4)5)69-93-97(85,86)91-65-73(80)66-92-98(87,88)94-70-75(68-89-76(81)61-55-49-43-37-30-25-21-19-17-15-13-11-8-2)96-79(84)64-58-52-46-40-34-33-36-42-48-54-60-72(6)9-3/h18,20,22-23,71-75,80H,7-17,19,21,24-70H2,1-6H3,(H,85,86)(H,87,88)/b20-18-,23-22-/t72?,73-,74-,75-/m1/s1. The molecule has 578 valence electrons. The highest BCUT2D eigenvalue weighted by Crippen LogP contribution is 2.45. The highest BCUT2D eigenvalue weighted by Gasteiger charge is 2.30. The van der Waals surface area contributed by atoms with Gasteiger partial charge in [-0.15, -0.1) is 0 Å². The Labute approximate surface area is 599 Å². The van der Waals surface area contributed by atoms with Crippen LogP contribution in [0.2, 0.25) is 0 Å². The molecule has 0 aliphatic rings. The average molecular weight is 1430 g/mol. The summed E-state index contributed by atoms with van der Waals surface area (Å²) in [6, 6.07) is 0. The van der Waals surface area contributed by atoms with Crippen LogP contribution in [0.3, 0.4) is 0 Å². The first-order chi connectivity index (χ1) is 47.4. The summed E-state index contributed by atoms with van der Waals surface area (Å²) < 4.78 is 68.6. The summed E-state index contributed by atoms with van der Waals surface area (Å²) in [5.74, 6) is -0.554. The van der Waals surface area contributed by atoms with Gasteiger partial charge in [0.25, 0.3) is 0 Å². The summed E-state index contributed by atoms with van der Waals surface area (Å²) in [5, 5.41) is 10.6. The van der Waals surface area contributed by atoms with Crippen LogP contribution in [-0.4, -0.2) is 96.7 Å². The van der Waals surface area contributed by atoms with Crippen LogP contribution in [0.25, 0.3) is 0 Å². The van der Waals surface area contributed by atoms with Crippen molar-refractivity contribution in [1.82, 2.24) is 0 Å². The van der Waals surface area contributed by atoms with Crippen LogP contribution in [0.1, 0.15) is 388 Å². The number of esters is 4. The number of aliphatic hydroxyl groups is 1. The quantitative estimate of drug-likeness (QED) is 0.0169. The second kappa shape index (κ2) is 70.2. The van der Waals surface area contributed by atoms with Crippen molar-refractivity contribution in [2.75, 3.05) is 39.6 Å². The van der Waals surface area contributed by atoms with Gasteiger partial charge in [0, 0.05) is 25.7 Å². The number of carbonyl (C=O) groups excluding carboxylic acids is 4. The number of phosphoric ester groups is 2. The predicted molar refractivity (Wildman–Crippen MR) is 400 cm³/mol. The van der Waals surface area contributed by atoms with Crippen LogP contribution in [-0.2, 0) is 65.4 Å². The maximum Gasteiger partial charge on any atom is 0.472 e. The van der Waals surface area contributed by atoms with E-state index in [1.165, 1.54) is 186 Å². The van der Waals surface area contributed by atoms with Gasteiger partial charge in [-0.25, -0.2) is 9.13 Å². The smallest absolute Gasteiger partial charge is 0.462 e. The molecule has 0 aliphatic heterocycles. The first-order valence-corrected chi connectivity index (χ1v) is 43.3. The third kappa shape index (κ3) is 70.6. The molecule has 0 fully saturated rings. The van der Waals surface area contributed by atoms with Crippen molar-refractivity contribution >= 4 is 39.5 Å². The number of phosphoric acid groups is 2. The van der Waals surface area contributed by atoms with Gasteiger partial charge in [0.1, 0.15) is 19.3 Å². The number of ether oxygens (including phenoxy) is 4. The van der Waals surface area contributed by atoms with E-state index in [1.54, 1.807) is 0 Å². The van der Waals surface area contributed by atoms with E-state index in [0.717, 1.165) is 121 Å². The number of unbranched alkanes of at least 4 members (excludes halogenated alkanes) is 42. The number of hydrogen-bond donors (Lipinski definition) is 3. The van der Waals surface area contributed by atoms with Crippen LogP contribution in [0.4, 0.5) is 0 Å². The highest BCUT2D eigenvalue weighted by atomic mass is 31.2. The Balaban J connectivity index is 5.31. The summed E-state index contributed by atoms with van der Waals surface area (Å²) in [7, 11) is -9.93. The first-order valence-electron chi connectivity index (χ1n) is 40.3. The third-order valence-electron chi connectivity index (χ3n) is 18.2. The number of allylic oxidation sites excluding steroid dienone is 4. The van der Waals surface area contributed by atoms with Crippen LogP contribution < -0.4 is 0 Å². The minimum absolute atomic E-state index is 0.100. The lowest BCUT2D eigenvalue weighted by Gasteiger charge is -2.21. The largest absolute Gasteiger partial charge is 0.472 e. The van der Waals surface area contributed by atoms with Gasteiger partial charge in [0.2, 0.25) is 0 Å². The maximum absolute atomic E-state index is 13.1. The van der Waals surface area contributed by atoms with Gasteiger partial charge in [0.15, 0.2) is 12.2 Å². The van der Waals surface area contributed by atoms with Crippen LogP contribution in [0.5, 0.6) is 0 Å². The molecule has 17 nitrogen and oxygen atoms in total. The Morgan fingerprint density at radius 1 is 0.337 bits per heavy atom. The van der Waals surface area contributed by atoms with Gasteiger partial charge in [-0.2, -0.15) is 0 Å².